The minimum Gasteiger partial charge on any atom is -0.298 e. The van der Waals surface area contributed by atoms with Gasteiger partial charge in [0.15, 0.2) is 4.96 Å². The van der Waals surface area contributed by atoms with Crippen molar-refractivity contribution in [3.8, 4) is 0 Å². The number of nitrogens with zero attached hydrogens (tertiary/aromatic N) is 4. The number of aryl methyl sites for hydroxylation is 1. The van der Waals surface area contributed by atoms with Gasteiger partial charge >= 0.3 is 6.18 Å². The minimum atomic E-state index is -4.30. The maximum absolute atomic E-state index is 12.7. The van der Waals surface area contributed by atoms with Crippen molar-refractivity contribution in [2.45, 2.75) is 32.6 Å². The average molecular weight is 437 g/mol. The van der Waals surface area contributed by atoms with Gasteiger partial charge < -0.3 is 0 Å². The van der Waals surface area contributed by atoms with Crippen LogP contribution in [-0.4, -0.2) is 45.4 Å². The Morgan fingerprint density at radius 3 is 2.37 bits per heavy atom. The van der Waals surface area contributed by atoms with E-state index in [1.165, 1.54) is 11.3 Å². The number of thiazole rings is 1. The van der Waals surface area contributed by atoms with Crippen LogP contribution in [0.25, 0.3) is 4.96 Å². The molecule has 0 unspecified atom stereocenters. The summed E-state index contributed by atoms with van der Waals surface area (Å²) in [4.78, 5) is 22.3. The van der Waals surface area contributed by atoms with Gasteiger partial charge in [0.1, 0.15) is 0 Å². The van der Waals surface area contributed by atoms with Crippen molar-refractivity contribution in [1.29, 1.82) is 0 Å². The first-order chi connectivity index (χ1) is 14.3. The van der Waals surface area contributed by atoms with Crippen LogP contribution in [0, 0.1) is 6.92 Å². The Morgan fingerprint density at radius 2 is 1.70 bits per heavy atom. The SMILES string of the molecule is Cc1csc2nc(CN3CCCN(Cc4ccc(C(F)(F)F)cc4)CC3)cc(=O)n12. The summed E-state index contributed by atoms with van der Waals surface area (Å²) >= 11 is 1.47. The van der Waals surface area contributed by atoms with Gasteiger partial charge in [-0.05, 0) is 44.1 Å². The van der Waals surface area contributed by atoms with Gasteiger partial charge in [-0.3, -0.25) is 19.0 Å². The van der Waals surface area contributed by atoms with Gasteiger partial charge in [-0.1, -0.05) is 12.1 Å². The fourth-order valence-electron chi connectivity index (χ4n) is 3.81. The smallest absolute Gasteiger partial charge is 0.298 e. The van der Waals surface area contributed by atoms with Crippen LogP contribution < -0.4 is 5.56 Å². The molecule has 0 bridgehead atoms. The summed E-state index contributed by atoms with van der Waals surface area (Å²) < 4.78 is 39.8. The average Bonchev–Trinajstić information content (AvgIpc) is 2.92. The molecule has 1 saturated heterocycles. The van der Waals surface area contributed by atoms with E-state index in [2.05, 4.69) is 14.8 Å². The van der Waals surface area contributed by atoms with Gasteiger partial charge in [0, 0.05) is 43.3 Å². The molecule has 0 spiro atoms. The molecular formula is C21H23F3N4OS. The van der Waals surface area contributed by atoms with E-state index in [0.29, 0.717) is 18.1 Å². The van der Waals surface area contributed by atoms with Crippen LogP contribution in [0.5, 0.6) is 0 Å². The third kappa shape index (κ3) is 4.74. The number of alkyl halides is 3. The molecule has 1 fully saturated rings. The zero-order valence-electron chi connectivity index (χ0n) is 16.7. The summed E-state index contributed by atoms with van der Waals surface area (Å²) in [6.07, 6.45) is -3.34. The van der Waals surface area contributed by atoms with Crippen LogP contribution >= 0.6 is 11.3 Å². The van der Waals surface area contributed by atoms with Gasteiger partial charge in [0.2, 0.25) is 0 Å². The molecule has 9 heteroatoms. The predicted octanol–water partition coefficient (Wildman–Crippen LogP) is 3.79. The van der Waals surface area contributed by atoms with Crippen molar-refractivity contribution >= 4 is 16.3 Å². The molecule has 2 aromatic heterocycles. The molecular weight excluding hydrogens is 413 g/mol. The molecule has 3 aromatic rings. The van der Waals surface area contributed by atoms with Gasteiger partial charge in [0.05, 0.1) is 11.3 Å². The zero-order valence-corrected chi connectivity index (χ0v) is 17.5. The van der Waals surface area contributed by atoms with Crippen molar-refractivity contribution < 1.29 is 13.2 Å². The maximum atomic E-state index is 12.7. The molecule has 30 heavy (non-hydrogen) atoms. The van der Waals surface area contributed by atoms with E-state index in [4.69, 9.17) is 0 Å². The molecule has 0 radical (unpaired) electrons. The lowest BCUT2D eigenvalue weighted by Crippen LogP contribution is -2.31. The normalized spacial score (nSPS) is 16.8. The molecule has 0 atom stereocenters. The molecule has 1 aromatic carbocycles. The highest BCUT2D eigenvalue weighted by Crippen LogP contribution is 2.29. The van der Waals surface area contributed by atoms with Crippen molar-refractivity contribution in [3.05, 3.63) is 68.6 Å². The summed E-state index contributed by atoms with van der Waals surface area (Å²) in [6.45, 7) is 6.57. The summed E-state index contributed by atoms with van der Waals surface area (Å²) in [5.41, 5.74) is 1.89. The quantitative estimate of drug-likeness (QED) is 0.624. The van der Waals surface area contributed by atoms with E-state index in [9.17, 15) is 18.0 Å². The molecule has 1 aliphatic rings. The molecule has 160 valence electrons. The molecule has 0 N–H and O–H groups in total. The van der Waals surface area contributed by atoms with Crippen molar-refractivity contribution in [1.82, 2.24) is 19.2 Å². The Morgan fingerprint density at radius 1 is 1.03 bits per heavy atom. The maximum Gasteiger partial charge on any atom is 0.416 e. The highest BCUT2D eigenvalue weighted by molar-refractivity contribution is 7.15. The Balaban J connectivity index is 1.37. The second-order valence-electron chi connectivity index (χ2n) is 7.68. The van der Waals surface area contributed by atoms with Gasteiger partial charge in [-0.25, -0.2) is 4.98 Å². The highest BCUT2D eigenvalue weighted by atomic mass is 32.1. The van der Waals surface area contributed by atoms with E-state index < -0.39 is 11.7 Å². The third-order valence-electron chi connectivity index (χ3n) is 5.38. The second kappa shape index (κ2) is 8.49. The largest absolute Gasteiger partial charge is 0.416 e. The Labute approximate surface area is 176 Å². The number of benzene rings is 1. The molecule has 0 aliphatic carbocycles. The van der Waals surface area contributed by atoms with Gasteiger partial charge in [0.25, 0.3) is 5.56 Å². The zero-order chi connectivity index (χ0) is 21.3. The van der Waals surface area contributed by atoms with Crippen LogP contribution in [0.1, 0.15) is 28.9 Å². The highest BCUT2D eigenvalue weighted by Gasteiger charge is 2.30. The third-order valence-corrected chi connectivity index (χ3v) is 6.33. The van der Waals surface area contributed by atoms with Crippen molar-refractivity contribution in [2.24, 2.45) is 0 Å². The molecule has 0 amide bonds. The summed E-state index contributed by atoms with van der Waals surface area (Å²) in [6, 6.07) is 7.01. The Bertz CT molecular complexity index is 1070. The Hall–Kier alpha value is -2.23. The second-order valence-corrected chi connectivity index (χ2v) is 8.52. The van der Waals surface area contributed by atoms with E-state index in [1.54, 1.807) is 22.6 Å². The van der Waals surface area contributed by atoms with E-state index >= 15 is 0 Å². The predicted molar refractivity (Wildman–Crippen MR) is 111 cm³/mol. The first-order valence-electron chi connectivity index (χ1n) is 9.87. The molecule has 5 nitrogen and oxygen atoms in total. The monoisotopic (exact) mass is 436 g/mol. The fourth-order valence-corrected chi connectivity index (χ4v) is 4.70. The summed E-state index contributed by atoms with van der Waals surface area (Å²) in [5.74, 6) is 0. The Kier molecular flexibility index (Phi) is 5.95. The lowest BCUT2D eigenvalue weighted by atomic mass is 10.1. The van der Waals surface area contributed by atoms with Crippen LogP contribution in [-0.2, 0) is 19.3 Å². The van der Waals surface area contributed by atoms with Gasteiger partial charge in [-0.2, -0.15) is 13.2 Å². The number of halogens is 3. The number of fused-ring (bicyclic) bond motifs is 1. The van der Waals surface area contributed by atoms with Crippen molar-refractivity contribution in [2.75, 3.05) is 26.2 Å². The fraction of sp³-hybridized carbons (Fsp3) is 0.429. The molecule has 0 saturated carbocycles. The molecule has 1 aliphatic heterocycles. The lowest BCUT2D eigenvalue weighted by molar-refractivity contribution is -0.137. The van der Waals surface area contributed by atoms with E-state index in [-0.39, 0.29) is 5.56 Å². The van der Waals surface area contributed by atoms with E-state index in [0.717, 1.165) is 61.7 Å². The van der Waals surface area contributed by atoms with Gasteiger partial charge in [-0.15, -0.1) is 11.3 Å². The van der Waals surface area contributed by atoms with Crippen LogP contribution in [0.3, 0.4) is 0 Å². The summed E-state index contributed by atoms with van der Waals surface area (Å²) in [7, 11) is 0. The first-order valence-corrected chi connectivity index (χ1v) is 10.8. The molecule has 4 rings (SSSR count). The molecule has 3 heterocycles. The lowest BCUT2D eigenvalue weighted by Gasteiger charge is -2.21. The number of hydrogen-bond acceptors (Lipinski definition) is 5. The first kappa shape index (κ1) is 21.0. The van der Waals surface area contributed by atoms with Crippen LogP contribution in [0.4, 0.5) is 13.2 Å². The topological polar surface area (TPSA) is 40.9 Å². The minimum absolute atomic E-state index is 0.0486. The standard InChI is InChI=1S/C21H23F3N4OS/c1-15-14-30-20-25-18(11-19(29)28(15)20)13-27-8-2-7-26(9-10-27)12-16-3-5-17(6-4-16)21(22,23)24/h3-6,11,14H,2,7-10,12-13H2,1H3. The summed E-state index contributed by atoms with van der Waals surface area (Å²) in [5, 5.41) is 1.93. The number of rotatable bonds is 4. The van der Waals surface area contributed by atoms with E-state index in [1.807, 2.05) is 12.3 Å². The van der Waals surface area contributed by atoms with Crippen molar-refractivity contribution in [3.63, 3.8) is 0 Å². The van der Waals surface area contributed by atoms with Crippen LogP contribution in [0.15, 0.2) is 40.5 Å². The number of aromatic nitrogens is 2. The van der Waals surface area contributed by atoms with Crippen LogP contribution in [0.2, 0.25) is 0 Å². The number of hydrogen-bond donors (Lipinski definition) is 0.